The van der Waals surface area contributed by atoms with Crippen LogP contribution < -0.4 is 4.90 Å². The molecule has 0 saturated carbocycles. The fraction of sp³-hybridized carbons (Fsp3) is 0.190. The molecule has 9 heteroatoms. The quantitative estimate of drug-likeness (QED) is 0.400. The summed E-state index contributed by atoms with van der Waals surface area (Å²) in [5, 5.41) is 0.547. The summed E-state index contributed by atoms with van der Waals surface area (Å²) in [5.41, 5.74) is 2.22. The SMILES string of the molecule is [C-]#[N+]/N=S(/C)c1sc(N(C)C(=O)Cc2ccc(-c3cc(F)ccc3F)cc2)nc1C. The molecule has 0 saturated heterocycles. The summed E-state index contributed by atoms with van der Waals surface area (Å²) in [6.07, 6.45) is 1.98. The minimum absolute atomic E-state index is 0.140. The highest BCUT2D eigenvalue weighted by molar-refractivity contribution is 7.89. The molecule has 3 rings (SSSR count). The zero-order valence-electron chi connectivity index (χ0n) is 16.5. The number of hydrogen-bond acceptors (Lipinski definition) is 4. The highest BCUT2D eigenvalue weighted by atomic mass is 32.2. The molecule has 3 aromatic rings. The molecule has 30 heavy (non-hydrogen) atoms. The zero-order valence-corrected chi connectivity index (χ0v) is 18.2. The van der Waals surface area contributed by atoms with Crippen molar-refractivity contribution in [3.63, 3.8) is 0 Å². The van der Waals surface area contributed by atoms with Crippen molar-refractivity contribution in [3.8, 4) is 11.1 Å². The van der Waals surface area contributed by atoms with Gasteiger partial charge < -0.3 is 0 Å². The summed E-state index contributed by atoms with van der Waals surface area (Å²) < 4.78 is 32.1. The average Bonchev–Trinajstić information content (AvgIpc) is 3.11. The molecular weight excluding hydrogens is 426 g/mol. The van der Waals surface area contributed by atoms with Gasteiger partial charge in [-0.25, -0.2) is 13.8 Å². The molecule has 0 aliphatic heterocycles. The van der Waals surface area contributed by atoms with Crippen molar-refractivity contribution in [1.29, 1.82) is 0 Å². The Labute approximate surface area is 179 Å². The molecule has 0 aliphatic carbocycles. The number of aryl methyl sites for hydroxylation is 1. The molecule has 0 aliphatic rings. The van der Waals surface area contributed by atoms with E-state index in [9.17, 15) is 13.6 Å². The lowest BCUT2D eigenvalue weighted by Crippen LogP contribution is -2.27. The number of carbonyl (C=O) groups is 1. The molecule has 1 unspecified atom stereocenters. The Kier molecular flexibility index (Phi) is 6.70. The van der Waals surface area contributed by atoms with E-state index in [1.165, 1.54) is 16.2 Å². The molecule has 5 nitrogen and oxygen atoms in total. The third-order valence-electron chi connectivity index (χ3n) is 4.38. The van der Waals surface area contributed by atoms with Crippen LogP contribution in [0.3, 0.4) is 0 Å². The van der Waals surface area contributed by atoms with Gasteiger partial charge in [0.15, 0.2) is 5.13 Å². The first kappa shape index (κ1) is 21.7. The minimum Gasteiger partial charge on any atom is -0.291 e. The summed E-state index contributed by atoms with van der Waals surface area (Å²) in [7, 11) is 1.07. The minimum atomic E-state index is -0.585. The zero-order chi connectivity index (χ0) is 21.8. The molecule has 1 aromatic heterocycles. The van der Waals surface area contributed by atoms with Gasteiger partial charge in [0.2, 0.25) is 5.91 Å². The second-order valence-corrected chi connectivity index (χ2v) is 9.24. The number of amides is 1. The van der Waals surface area contributed by atoms with Crippen LogP contribution in [0, 0.1) is 25.1 Å². The van der Waals surface area contributed by atoms with Crippen molar-refractivity contribution in [2.45, 2.75) is 17.6 Å². The van der Waals surface area contributed by atoms with Crippen molar-refractivity contribution < 1.29 is 13.6 Å². The molecule has 0 fully saturated rings. The third-order valence-corrected chi connectivity index (χ3v) is 7.54. The predicted octanol–water partition coefficient (Wildman–Crippen LogP) is 5.23. The van der Waals surface area contributed by atoms with Crippen molar-refractivity contribution in [2.75, 3.05) is 18.2 Å². The van der Waals surface area contributed by atoms with Crippen LogP contribution in [-0.4, -0.2) is 24.2 Å². The Balaban J connectivity index is 1.75. The lowest BCUT2D eigenvalue weighted by atomic mass is 10.0. The van der Waals surface area contributed by atoms with Gasteiger partial charge in [0.1, 0.15) is 20.3 Å². The summed E-state index contributed by atoms with van der Waals surface area (Å²) in [6.45, 7) is 8.71. The molecule has 0 bridgehead atoms. The first-order valence-corrected chi connectivity index (χ1v) is 11.2. The maximum Gasteiger partial charge on any atom is 0.232 e. The van der Waals surface area contributed by atoms with Crippen LogP contribution in [0.15, 0.2) is 51.1 Å². The number of anilines is 1. The standard InChI is InChI=1S/C21H18F2N4OS2/c1-13-20(30(4)26-24-2)29-21(25-13)27(3)19(28)11-14-5-7-15(8-6-14)17-12-16(22)9-10-18(17)23/h5-10,12H,11H2,1,3-4H3. The summed E-state index contributed by atoms with van der Waals surface area (Å²) in [6, 6.07) is 10.1. The van der Waals surface area contributed by atoms with Gasteiger partial charge in [-0.05, 0) is 36.2 Å². The highest BCUT2D eigenvalue weighted by Crippen LogP contribution is 2.29. The lowest BCUT2D eigenvalue weighted by Gasteiger charge is -2.14. The van der Waals surface area contributed by atoms with Gasteiger partial charge in [-0.1, -0.05) is 35.6 Å². The number of aromatic nitrogens is 1. The topological polar surface area (TPSA) is 49.9 Å². The van der Waals surface area contributed by atoms with Gasteiger partial charge in [-0.2, -0.15) is 6.57 Å². The normalized spacial score (nSPS) is 11.9. The molecule has 154 valence electrons. The van der Waals surface area contributed by atoms with Gasteiger partial charge in [0.25, 0.3) is 0 Å². The second-order valence-electron chi connectivity index (χ2n) is 6.48. The van der Waals surface area contributed by atoms with Gasteiger partial charge in [-0.15, -0.1) is 4.95 Å². The smallest absolute Gasteiger partial charge is 0.232 e. The number of rotatable bonds is 5. The average molecular weight is 445 g/mol. The van der Waals surface area contributed by atoms with Crippen molar-refractivity contribution in [1.82, 2.24) is 4.98 Å². The van der Waals surface area contributed by atoms with E-state index in [-0.39, 0.29) is 17.9 Å². The maximum absolute atomic E-state index is 13.9. The number of halogens is 2. The molecule has 0 N–H and O–H groups in total. The van der Waals surface area contributed by atoms with E-state index in [0.717, 1.165) is 33.7 Å². The van der Waals surface area contributed by atoms with Gasteiger partial charge >= 0.3 is 0 Å². The first-order valence-electron chi connectivity index (χ1n) is 8.82. The van der Waals surface area contributed by atoms with Crippen molar-refractivity contribution in [2.24, 2.45) is 4.47 Å². The molecule has 1 amide bonds. The van der Waals surface area contributed by atoms with Crippen LogP contribution in [0.2, 0.25) is 0 Å². The molecular formula is C21H18F2N4OS2. The van der Waals surface area contributed by atoms with Crippen LogP contribution in [-0.2, 0) is 21.9 Å². The molecule has 0 spiro atoms. The largest absolute Gasteiger partial charge is 0.291 e. The highest BCUT2D eigenvalue weighted by Gasteiger charge is 2.19. The van der Waals surface area contributed by atoms with E-state index >= 15 is 0 Å². The van der Waals surface area contributed by atoms with Crippen LogP contribution in [0.1, 0.15) is 11.3 Å². The Bertz CT molecular complexity index is 1170. The van der Waals surface area contributed by atoms with Crippen LogP contribution >= 0.6 is 11.3 Å². The Morgan fingerprint density at radius 2 is 1.97 bits per heavy atom. The van der Waals surface area contributed by atoms with E-state index in [0.29, 0.717) is 10.7 Å². The summed E-state index contributed by atoms with van der Waals surface area (Å²) >= 11 is 1.35. The fourth-order valence-electron chi connectivity index (χ4n) is 2.81. The van der Waals surface area contributed by atoms with E-state index in [1.54, 1.807) is 31.3 Å². The Morgan fingerprint density at radius 1 is 1.27 bits per heavy atom. The van der Waals surface area contributed by atoms with E-state index in [2.05, 4.69) is 14.4 Å². The van der Waals surface area contributed by atoms with E-state index < -0.39 is 22.3 Å². The lowest BCUT2D eigenvalue weighted by molar-refractivity contribution is -0.117. The Hall–Kier alpha value is -2.96. The number of hydrogen-bond donors (Lipinski definition) is 0. The summed E-state index contributed by atoms with van der Waals surface area (Å²) in [4.78, 5) is 21.7. The molecule has 1 atom stereocenters. The third kappa shape index (κ3) is 4.78. The van der Waals surface area contributed by atoms with Gasteiger partial charge in [0, 0.05) is 29.6 Å². The number of likely N-dealkylation sites (N-methyl/N-ethyl adjacent to an activating group) is 1. The molecule has 1 heterocycles. The maximum atomic E-state index is 13.9. The monoisotopic (exact) mass is 444 g/mol. The Morgan fingerprint density at radius 3 is 2.63 bits per heavy atom. The molecule has 2 aromatic carbocycles. The fourth-order valence-corrected chi connectivity index (χ4v) is 5.06. The van der Waals surface area contributed by atoms with Crippen molar-refractivity contribution in [3.05, 3.63) is 76.9 Å². The molecule has 0 radical (unpaired) electrons. The van der Waals surface area contributed by atoms with Crippen LogP contribution in [0.25, 0.3) is 16.1 Å². The number of thiazole rings is 1. The van der Waals surface area contributed by atoms with Gasteiger partial charge in [-0.3, -0.25) is 9.69 Å². The first-order chi connectivity index (χ1) is 14.3. The van der Waals surface area contributed by atoms with Crippen LogP contribution in [0.5, 0.6) is 0 Å². The van der Waals surface area contributed by atoms with E-state index in [4.69, 9.17) is 6.57 Å². The summed E-state index contributed by atoms with van der Waals surface area (Å²) in [5.74, 6) is -1.17. The van der Waals surface area contributed by atoms with Gasteiger partial charge in [0.05, 0.1) is 12.1 Å². The van der Waals surface area contributed by atoms with E-state index in [1.807, 2.05) is 13.2 Å². The predicted molar refractivity (Wildman–Crippen MR) is 116 cm³/mol. The second kappa shape index (κ2) is 9.24. The number of nitrogens with zero attached hydrogens (tertiary/aromatic N) is 4. The number of benzene rings is 2. The van der Waals surface area contributed by atoms with Crippen LogP contribution in [0.4, 0.5) is 13.9 Å². The van der Waals surface area contributed by atoms with Crippen molar-refractivity contribution >= 4 is 33.1 Å². The number of carbonyl (C=O) groups excluding carboxylic acids is 1.